The lowest BCUT2D eigenvalue weighted by Crippen LogP contribution is -2.15. The predicted molar refractivity (Wildman–Crippen MR) is 114 cm³/mol. The number of amides is 1. The van der Waals surface area contributed by atoms with Gasteiger partial charge in [-0.2, -0.15) is 10.2 Å². The lowest BCUT2D eigenvalue weighted by molar-refractivity contribution is 0.102. The molecule has 152 valence electrons. The van der Waals surface area contributed by atoms with Crippen molar-refractivity contribution in [3.05, 3.63) is 94.1 Å². The van der Waals surface area contributed by atoms with Gasteiger partial charge in [-0.3, -0.25) is 9.48 Å². The van der Waals surface area contributed by atoms with E-state index in [-0.39, 0.29) is 12.5 Å². The molecule has 0 unspecified atom stereocenters. The van der Waals surface area contributed by atoms with Gasteiger partial charge in [-0.1, -0.05) is 35.9 Å². The molecule has 2 heterocycles. The van der Waals surface area contributed by atoms with Gasteiger partial charge in [0.1, 0.15) is 5.82 Å². The van der Waals surface area contributed by atoms with E-state index in [1.165, 1.54) is 10.7 Å². The molecule has 6 nitrogen and oxygen atoms in total. The molecule has 0 radical (unpaired) electrons. The summed E-state index contributed by atoms with van der Waals surface area (Å²) in [6.07, 6.45) is 1.66. The van der Waals surface area contributed by atoms with E-state index >= 15 is 0 Å². The fourth-order valence-electron chi connectivity index (χ4n) is 3.33. The average Bonchev–Trinajstić information content (AvgIpc) is 3.28. The molecule has 1 N–H and O–H groups in total. The van der Waals surface area contributed by atoms with E-state index < -0.39 is 5.82 Å². The van der Waals surface area contributed by atoms with E-state index in [9.17, 15) is 9.18 Å². The Morgan fingerprint density at radius 1 is 1.07 bits per heavy atom. The van der Waals surface area contributed by atoms with E-state index in [4.69, 9.17) is 11.6 Å². The van der Waals surface area contributed by atoms with Crippen molar-refractivity contribution >= 4 is 23.3 Å². The normalized spacial score (nSPS) is 10.9. The van der Waals surface area contributed by atoms with Crippen LogP contribution in [-0.4, -0.2) is 25.5 Å². The Morgan fingerprint density at radius 3 is 2.57 bits per heavy atom. The summed E-state index contributed by atoms with van der Waals surface area (Å²) in [5, 5.41) is 11.9. The predicted octanol–water partition coefficient (Wildman–Crippen LogP) is 4.78. The van der Waals surface area contributed by atoms with Crippen LogP contribution in [0.2, 0.25) is 5.02 Å². The van der Waals surface area contributed by atoms with Crippen molar-refractivity contribution < 1.29 is 9.18 Å². The summed E-state index contributed by atoms with van der Waals surface area (Å²) in [6, 6.07) is 15.8. The standard InChI is InChI=1S/C22H19ClFN5O/c1-14-21(15(2)29(26-14)16-7-4-3-5-8-16)22(30)25-20-11-12-28(27-20)13-17-18(23)9-6-10-19(17)24/h3-12H,13H2,1-2H3,(H,25,27,30). The largest absolute Gasteiger partial charge is 0.305 e. The molecule has 0 spiro atoms. The third kappa shape index (κ3) is 3.84. The second-order valence-electron chi connectivity index (χ2n) is 6.85. The molecular weight excluding hydrogens is 405 g/mol. The van der Waals surface area contributed by atoms with Crippen LogP contribution in [0.15, 0.2) is 60.8 Å². The first kappa shape index (κ1) is 19.8. The molecule has 2 aromatic heterocycles. The number of nitrogens with zero attached hydrogens (tertiary/aromatic N) is 4. The van der Waals surface area contributed by atoms with E-state index in [2.05, 4.69) is 15.5 Å². The number of hydrogen-bond donors (Lipinski definition) is 1. The topological polar surface area (TPSA) is 64.7 Å². The van der Waals surface area contributed by atoms with Crippen LogP contribution in [0.5, 0.6) is 0 Å². The Bertz CT molecular complexity index is 1200. The van der Waals surface area contributed by atoms with Crippen molar-refractivity contribution in [1.29, 1.82) is 0 Å². The summed E-state index contributed by atoms with van der Waals surface area (Å²) in [7, 11) is 0. The molecule has 2 aromatic carbocycles. The number of hydrogen-bond acceptors (Lipinski definition) is 3. The second-order valence-corrected chi connectivity index (χ2v) is 7.25. The number of nitrogens with one attached hydrogen (secondary N) is 1. The number of anilines is 1. The number of carbonyl (C=O) groups excluding carboxylic acids is 1. The zero-order chi connectivity index (χ0) is 21.3. The van der Waals surface area contributed by atoms with Crippen LogP contribution < -0.4 is 5.32 Å². The Hall–Kier alpha value is -3.45. The van der Waals surface area contributed by atoms with Gasteiger partial charge in [-0.05, 0) is 38.1 Å². The first-order valence-corrected chi connectivity index (χ1v) is 9.71. The van der Waals surface area contributed by atoms with Crippen LogP contribution in [0.3, 0.4) is 0 Å². The first-order valence-electron chi connectivity index (χ1n) is 9.33. The lowest BCUT2D eigenvalue weighted by atomic mass is 10.2. The van der Waals surface area contributed by atoms with Gasteiger partial charge in [0, 0.05) is 22.8 Å². The van der Waals surface area contributed by atoms with Crippen molar-refractivity contribution in [1.82, 2.24) is 19.6 Å². The summed E-state index contributed by atoms with van der Waals surface area (Å²) in [6.45, 7) is 3.80. The maximum atomic E-state index is 14.0. The van der Waals surface area contributed by atoms with Crippen molar-refractivity contribution in [2.75, 3.05) is 5.32 Å². The highest BCUT2D eigenvalue weighted by atomic mass is 35.5. The van der Waals surface area contributed by atoms with Crippen LogP contribution >= 0.6 is 11.6 Å². The molecule has 1 amide bonds. The third-order valence-electron chi connectivity index (χ3n) is 4.78. The summed E-state index contributed by atoms with van der Waals surface area (Å²) < 4.78 is 17.3. The molecule has 0 aliphatic carbocycles. The van der Waals surface area contributed by atoms with Crippen LogP contribution in [-0.2, 0) is 6.54 Å². The highest BCUT2D eigenvalue weighted by Gasteiger charge is 2.20. The zero-order valence-corrected chi connectivity index (χ0v) is 17.2. The first-order chi connectivity index (χ1) is 14.4. The van der Waals surface area contributed by atoms with Gasteiger partial charge >= 0.3 is 0 Å². The van der Waals surface area contributed by atoms with Gasteiger partial charge in [0.25, 0.3) is 5.91 Å². The van der Waals surface area contributed by atoms with Crippen LogP contribution in [0.1, 0.15) is 27.3 Å². The van der Waals surface area contributed by atoms with Gasteiger partial charge in [-0.15, -0.1) is 0 Å². The maximum Gasteiger partial charge on any atom is 0.260 e. The molecule has 4 rings (SSSR count). The smallest absolute Gasteiger partial charge is 0.260 e. The number of benzene rings is 2. The fraction of sp³-hybridized carbons (Fsp3) is 0.136. The van der Waals surface area contributed by atoms with Gasteiger partial charge in [-0.25, -0.2) is 9.07 Å². The third-order valence-corrected chi connectivity index (χ3v) is 5.14. The summed E-state index contributed by atoms with van der Waals surface area (Å²) in [5.41, 5.74) is 3.06. The van der Waals surface area contributed by atoms with E-state index in [1.807, 2.05) is 37.3 Å². The van der Waals surface area contributed by atoms with Crippen molar-refractivity contribution in [3.63, 3.8) is 0 Å². The molecule has 0 fully saturated rings. The van der Waals surface area contributed by atoms with E-state index in [1.54, 1.807) is 36.0 Å². The van der Waals surface area contributed by atoms with Crippen LogP contribution in [0.25, 0.3) is 5.69 Å². The Kier molecular flexibility index (Phi) is 5.37. The molecule has 8 heteroatoms. The second kappa shape index (κ2) is 8.12. The van der Waals surface area contributed by atoms with Crippen LogP contribution in [0, 0.1) is 19.7 Å². The Morgan fingerprint density at radius 2 is 1.83 bits per heavy atom. The summed E-state index contributed by atoms with van der Waals surface area (Å²) in [5.74, 6) is -0.344. The number of carbonyl (C=O) groups is 1. The zero-order valence-electron chi connectivity index (χ0n) is 16.4. The highest BCUT2D eigenvalue weighted by molar-refractivity contribution is 6.31. The molecule has 0 aliphatic heterocycles. The van der Waals surface area contributed by atoms with Crippen molar-refractivity contribution in [2.24, 2.45) is 0 Å². The minimum atomic E-state index is -0.400. The number of aromatic nitrogens is 4. The lowest BCUT2D eigenvalue weighted by Gasteiger charge is -2.07. The van der Waals surface area contributed by atoms with E-state index in [0.29, 0.717) is 27.7 Å². The number of halogens is 2. The number of para-hydroxylation sites is 1. The Balaban J connectivity index is 1.54. The van der Waals surface area contributed by atoms with Gasteiger partial charge in [0.15, 0.2) is 5.82 Å². The summed E-state index contributed by atoms with van der Waals surface area (Å²) >= 11 is 6.08. The Labute approximate surface area is 177 Å². The molecule has 0 bridgehead atoms. The SMILES string of the molecule is Cc1nn(-c2ccccc2)c(C)c1C(=O)Nc1ccn(Cc2c(F)cccc2Cl)n1. The molecule has 30 heavy (non-hydrogen) atoms. The number of aryl methyl sites for hydroxylation is 1. The molecule has 0 saturated heterocycles. The van der Waals surface area contributed by atoms with Crippen molar-refractivity contribution in [2.45, 2.75) is 20.4 Å². The maximum absolute atomic E-state index is 14.0. The quantitative estimate of drug-likeness (QED) is 0.502. The molecule has 4 aromatic rings. The molecule has 0 atom stereocenters. The van der Waals surface area contributed by atoms with Gasteiger partial charge in [0.2, 0.25) is 0 Å². The molecule has 0 saturated carbocycles. The minimum Gasteiger partial charge on any atom is -0.305 e. The monoisotopic (exact) mass is 423 g/mol. The van der Waals surface area contributed by atoms with Gasteiger partial charge in [0.05, 0.1) is 29.2 Å². The minimum absolute atomic E-state index is 0.158. The highest BCUT2D eigenvalue weighted by Crippen LogP contribution is 2.21. The van der Waals surface area contributed by atoms with Crippen LogP contribution in [0.4, 0.5) is 10.2 Å². The van der Waals surface area contributed by atoms with E-state index in [0.717, 1.165) is 11.4 Å². The molecular formula is C22H19ClFN5O. The van der Waals surface area contributed by atoms with Crippen molar-refractivity contribution in [3.8, 4) is 5.69 Å². The summed E-state index contributed by atoms with van der Waals surface area (Å²) in [4.78, 5) is 12.9. The fourth-order valence-corrected chi connectivity index (χ4v) is 3.56. The average molecular weight is 424 g/mol. The van der Waals surface area contributed by atoms with Gasteiger partial charge < -0.3 is 5.32 Å². The number of rotatable bonds is 5. The molecule has 0 aliphatic rings.